The highest BCUT2D eigenvalue weighted by Crippen LogP contribution is 2.47. The zero-order valence-electron chi connectivity index (χ0n) is 31.1. The Balaban J connectivity index is 1.68. The second kappa shape index (κ2) is 15.7. The summed E-state index contributed by atoms with van der Waals surface area (Å²) in [4.78, 5) is 83.4. The molecule has 2 aliphatic rings. The van der Waals surface area contributed by atoms with E-state index < -0.39 is 33.5 Å². The molecular weight excluding hydrogens is 688 g/mol. The molecule has 0 aliphatic carbocycles. The molecule has 0 bridgehead atoms. The average molecular weight is 733 g/mol. The van der Waals surface area contributed by atoms with Gasteiger partial charge in [0.1, 0.15) is 0 Å². The number of unbranched alkanes of at least 4 members (excludes halogenated alkanes) is 2. The van der Waals surface area contributed by atoms with Crippen LogP contribution in [0.15, 0.2) is 60.7 Å². The number of nitro benzene ring substituents is 2. The van der Waals surface area contributed by atoms with Gasteiger partial charge in [0.05, 0.1) is 21.0 Å². The van der Waals surface area contributed by atoms with Crippen LogP contribution in [0.5, 0.6) is 0 Å². The monoisotopic (exact) mass is 732 g/mol. The fraction of sp³-hybridized carbons (Fsp3) is 0.381. The molecule has 12 nitrogen and oxygen atoms in total. The Morgan fingerprint density at radius 1 is 0.537 bits per heavy atom. The summed E-state index contributed by atoms with van der Waals surface area (Å²) >= 11 is 0. The maximum atomic E-state index is 14.8. The van der Waals surface area contributed by atoms with Gasteiger partial charge < -0.3 is 0 Å². The molecule has 2 aliphatic heterocycles. The van der Waals surface area contributed by atoms with Gasteiger partial charge in [-0.15, -0.1) is 0 Å². The van der Waals surface area contributed by atoms with E-state index in [0.29, 0.717) is 22.3 Å². The van der Waals surface area contributed by atoms with Gasteiger partial charge in [-0.05, 0) is 83.3 Å². The first-order chi connectivity index (χ1) is 25.9. The predicted molar refractivity (Wildman–Crippen MR) is 205 cm³/mol. The third-order valence-electron chi connectivity index (χ3n) is 11.0. The average Bonchev–Trinajstić information content (AvgIpc) is 3.18. The van der Waals surface area contributed by atoms with Crippen molar-refractivity contribution in [2.45, 2.75) is 79.1 Å². The van der Waals surface area contributed by atoms with Crippen LogP contribution in [0.4, 0.5) is 11.4 Å². The molecule has 2 heterocycles. The molecule has 0 saturated heterocycles. The van der Waals surface area contributed by atoms with E-state index in [1.54, 1.807) is 12.1 Å². The van der Waals surface area contributed by atoms with Gasteiger partial charge in [-0.2, -0.15) is 0 Å². The van der Waals surface area contributed by atoms with Gasteiger partial charge in [0.25, 0.3) is 35.0 Å². The molecule has 4 amide bonds. The third-order valence-corrected chi connectivity index (χ3v) is 11.0. The van der Waals surface area contributed by atoms with Gasteiger partial charge in [-0.3, -0.25) is 49.2 Å². The molecule has 4 aromatic carbocycles. The Bertz CT molecular complexity index is 2020. The minimum Gasteiger partial charge on any atom is -0.274 e. The minimum absolute atomic E-state index is 0.0280. The molecule has 54 heavy (non-hydrogen) atoms. The Labute approximate surface area is 313 Å². The number of amides is 4. The first-order valence-corrected chi connectivity index (χ1v) is 18.8. The molecule has 6 rings (SSSR count). The number of nitro groups is 2. The van der Waals surface area contributed by atoms with Crippen LogP contribution >= 0.6 is 0 Å². The van der Waals surface area contributed by atoms with Crippen molar-refractivity contribution < 1.29 is 29.0 Å². The minimum atomic E-state index is -0.565. The molecule has 0 aromatic heterocycles. The maximum Gasteiger partial charge on any atom is 0.269 e. The van der Waals surface area contributed by atoms with E-state index in [9.17, 15) is 39.4 Å². The Morgan fingerprint density at radius 2 is 0.889 bits per heavy atom. The lowest BCUT2D eigenvalue weighted by Gasteiger charge is -2.36. The largest absolute Gasteiger partial charge is 0.274 e. The van der Waals surface area contributed by atoms with E-state index in [1.165, 1.54) is 58.3 Å². The van der Waals surface area contributed by atoms with Gasteiger partial charge in [-0.25, -0.2) is 0 Å². The van der Waals surface area contributed by atoms with Crippen molar-refractivity contribution in [1.29, 1.82) is 0 Å². The molecule has 0 fully saturated rings. The summed E-state index contributed by atoms with van der Waals surface area (Å²) in [6, 6.07) is 14.6. The number of rotatable bonds is 16. The van der Waals surface area contributed by atoms with Crippen molar-refractivity contribution in [2.24, 2.45) is 11.8 Å². The van der Waals surface area contributed by atoms with E-state index >= 15 is 0 Å². The van der Waals surface area contributed by atoms with Crippen molar-refractivity contribution in [1.82, 2.24) is 9.80 Å². The van der Waals surface area contributed by atoms with Gasteiger partial charge in [-0.1, -0.05) is 66.2 Å². The quantitative estimate of drug-likeness (QED) is 0.0625. The van der Waals surface area contributed by atoms with Crippen LogP contribution in [-0.2, 0) is 0 Å². The Kier molecular flexibility index (Phi) is 11.0. The van der Waals surface area contributed by atoms with E-state index in [0.717, 1.165) is 51.4 Å². The molecular formula is C42H44N4O8. The zero-order valence-corrected chi connectivity index (χ0v) is 31.1. The van der Waals surface area contributed by atoms with Crippen molar-refractivity contribution in [2.75, 3.05) is 13.1 Å². The van der Waals surface area contributed by atoms with Gasteiger partial charge in [0, 0.05) is 59.3 Å². The lowest BCUT2D eigenvalue weighted by molar-refractivity contribution is -0.385. The summed E-state index contributed by atoms with van der Waals surface area (Å²) in [6.45, 7) is 8.50. The number of carbonyl (C=O) groups excluding carboxylic acids is 4. The van der Waals surface area contributed by atoms with E-state index in [-0.39, 0.29) is 69.3 Å². The van der Waals surface area contributed by atoms with Gasteiger partial charge >= 0.3 is 0 Å². The van der Waals surface area contributed by atoms with Crippen LogP contribution in [0, 0.1) is 32.1 Å². The van der Waals surface area contributed by atoms with Crippen molar-refractivity contribution in [3.63, 3.8) is 0 Å². The highest BCUT2D eigenvalue weighted by molar-refractivity contribution is 6.36. The number of hydrogen-bond donors (Lipinski definition) is 0. The third kappa shape index (κ3) is 6.76. The van der Waals surface area contributed by atoms with Crippen molar-refractivity contribution >= 4 is 45.8 Å². The van der Waals surface area contributed by atoms with Crippen LogP contribution in [0.1, 0.15) is 120 Å². The zero-order chi connectivity index (χ0) is 38.8. The van der Waals surface area contributed by atoms with Gasteiger partial charge in [0.15, 0.2) is 0 Å². The number of nitrogens with zero attached hydrogens (tertiary/aromatic N) is 4. The molecule has 0 radical (unpaired) electrons. The molecule has 2 unspecified atom stereocenters. The summed E-state index contributed by atoms with van der Waals surface area (Å²) in [6.07, 6.45) is 6.82. The van der Waals surface area contributed by atoms with Crippen LogP contribution in [-0.4, -0.2) is 56.4 Å². The first-order valence-electron chi connectivity index (χ1n) is 18.8. The number of carbonyl (C=O) groups is 4. The number of hydrogen-bond acceptors (Lipinski definition) is 8. The molecule has 2 atom stereocenters. The SMILES string of the molecule is CCCCC(CC)CN1C(=O)c2cc(-c3ccc([N+](=O)[O-])cc3)c3c4c(cc(-c5ccc([N+](=O)[O-])cc5)c(c24)C1=O)C(=O)N(CC(CC)CCCC)C3=O. The first kappa shape index (κ1) is 38.0. The fourth-order valence-electron chi connectivity index (χ4n) is 7.83. The fourth-order valence-corrected chi connectivity index (χ4v) is 7.83. The lowest BCUT2D eigenvalue weighted by atomic mass is 9.78. The van der Waals surface area contributed by atoms with E-state index in [2.05, 4.69) is 13.8 Å². The Hall–Kier alpha value is -5.78. The summed E-state index contributed by atoms with van der Waals surface area (Å²) in [5.74, 6) is -2.19. The molecule has 12 heteroatoms. The second-order valence-electron chi connectivity index (χ2n) is 14.3. The Morgan fingerprint density at radius 3 is 1.19 bits per heavy atom. The smallest absolute Gasteiger partial charge is 0.269 e. The summed E-state index contributed by atoms with van der Waals surface area (Å²) < 4.78 is 0. The van der Waals surface area contributed by atoms with Crippen LogP contribution in [0.25, 0.3) is 33.0 Å². The summed E-state index contributed by atoms with van der Waals surface area (Å²) in [7, 11) is 0. The molecule has 0 spiro atoms. The van der Waals surface area contributed by atoms with E-state index in [4.69, 9.17) is 0 Å². The molecule has 280 valence electrons. The topological polar surface area (TPSA) is 161 Å². The van der Waals surface area contributed by atoms with E-state index in [1.807, 2.05) is 13.8 Å². The second-order valence-corrected chi connectivity index (χ2v) is 14.3. The van der Waals surface area contributed by atoms with Crippen molar-refractivity contribution in [3.05, 3.63) is 103 Å². The van der Waals surface area contributed by atoms with Crippen LogP contribution < -0.4 is 0 Å². The molecule has 0 saturated carbocycles. The molecule has 0 N–H and O–H groups in total. The summed E-state index contributed by atoms with van der Waals surface area (Å²) in [5, 5.41) is 23.5. The number of benzene rings is 4. The highest BCUT2D eigenvalue weighted by atomic mass is 16.6. The maximum absolute atomic E-state index is 14.8. The standard InChI is InChI=1S/C42H44N4O8/c1-5-9-11-25(7-3)23-43-39(47)33-21-32(28-15-19-30(20-16-28)46(53)54)38-36-34(40(48)44(42(38)50)24-26(8-4)12-10-6-2)22-31(37(35(33)36)41(43)49)27-13-17-29(18-14-27)45(51)52/h13-22,25-26H,5-12,23-24H2,1-4H3. The predicted octanol–water partition coefficient (Wildman–Crippen LogP) is 9.61. The van der Waals surface area contributed by atoms with Crippen LogP contribution in [0.3, 0.4) is 0 Å². The number of imide groups is 2. The number of non-ortho nitro benzene ring substituents is 2. The lowest BCUT2D eigenvalue weighted by Crippen LogP contribution is -2.46. The molecule has 4 aromatic rings. The van der Waals surface area contributed by atoms with Crippen molar-refractivity contribution in [3.8, 4) is 22.3 Å². The van der Waals surface area contributed by atoms with Gasteiger partial charge in [0.2, 0.25) is 0 Å². The highest BCUT2D eigenvalue weighted by Gasteiger charge is 2.43. The van der Waals surface area contributed by atoms with Crippen LogP contribution in [0.2, 0.25) is 0 Å². The summed E-state index contributed by atoms with van der Waals surface area (Å²) in [5.41, 5.74) is 1.77. The normalized spacial score (nSPS) is 14.9.